The zero-order chi connectivity index (χ0) is 19.9. The van der Waals surface area contributed by atoms with E-state index >= 15 is 0 Å². The van der Waals surface area contributed by atoms with Crippen LogP contribution >= 0.6 is 0 Å². The van der Waals surface area contributed by atoms with Gasteiger partial charge in [-0.1, -0.05) is 0 Å². The first-order valence-electron chi connectivity index (χ1n) is 9.70. The van der Waals surface area contributed by atoms with Crippen LogP contribution in [0.3, 0.4) is 0 Å². The van der Waals surface area contributed by atoms with E-state index in [0.717, 1.165) is 31.4 Å². The lowest BCUT2D eigenvalue weighted by Gasteiger charge is -2.36. The monoisotopic (exact) mass is 382 g/mol. The highest BCUT2D eigenvalue weighted by Gasteiger charge is 2.32. The normalized spacial score (nSPS) is 20.4. The topological polar surface area (TPSA) is 109 Å². The Bertz CT molecular complexity index is 978. The molecule has 3 aromatic heterocycles. The van der Waals surface area contributed by atoms with Crippen LogP contribution in [0.2, 0.25) is 0 Å². The molecule has 4 rings (SSSR count). The van der Waals surface area contributed by atoms with Gasteiger partial charge in [-0.05, 0) is 58.4 Å². The molecule has 0 aliphatic heterocycles. The molecule has 1 aliphatic carbocycles. The number of carbonyl (C=O) groups is 1. The summed E-state index contributed by atoms with van der Waals surface area (Å²) in [5.74, 6) is 0.479. The Hall–Kier alpha value is -2.74. The predicted octanol–water partition coefficient (Wildman–Crippen LogP) is 2.51. The zero-order valence-corrected chi connectivity index (χ0v) is 16.4. The van der Waals surface area contributed by atoms with Crippen LogP contribution in [0.25, 0.3) is 17.0 Å². The number of nitrogens with zero attached hydrogens (tertiary/aromatic N) is 4. The molecule has 1 amide bonds. The Kier molecular flexibility index (Phi) is 4.66. The maximum atomic E-state index is 13.0. The van der Waals surface area contributed by atoms with E-state index in [2.05, 4.69) is 25.3 Å². The number of carbonyl (C=O) groups excluding carboxylic acids is 1. The van der Waals surface area contributed by atoms with Crippen molar-refractivity contribution in [2.45, 2.75) is 58.1 Å². The molecule has 0 aromatic carbocycles. The number of imidazole rings is 1. The summed E-state index contributed by atoms with van der Waals surface area (Å²) in [5, 5.41) is 13.3. The minimum absolute atomic E-state index is 0.0869. The Balaban J connectivity index is 1.57. The van der Waals surface area contributed by atoms with Gasteiger partial charge in [-0.2, -0.15) is 0 Å². The van der Waals surface area contributed by atoms with Crippen LogP contribution in [0.1, 0.15) is 55.7 Å². The van der Waals surface area contributed by atoms with Crippen molar-refractivity contribution in [2.75, 3.05) is 0 Å². The second kappa shape index (κ2) is 7.01. The van der Waals surface area contributed by atoms with E-state index in [4.69, 9.17) is 0 Å². The molecule has 0 unspecified atom stereocenters. The van der Waals surface area contributed by atoms with Crippen LogP contribution in [0.15, 0.2) is 24.8 Å². The first kappa shape index (κ1) is 18.6. The van der Waals surface area contributed by atoms with Crippen LogP contribution < -0.4 is 5.32 Å². The van der Waals surface area contributed by atoms with Gasteiger partial charge in [0.2, 0.25) is 5.95 Å². The summed E-state index contributed by atoms with van der Waals surface area (Å²) in [4.78, 5) is 29.3. The molecular formula is C20H26N6O2. The molecule has 28 heavy (non-hydrogen) atoms. The number of H-pyrrole nitrogens is 1. The van der Waals surface area contributed by atoms with Crippen LogP contribution in [0.5, 0.6) is 0 Å². The molecule has 0 radical (unpaired) electrons. The molecular weight excluding hydrogens is 356 g/mol. The molecule has 8 nitrogen and oxygen atoms in total. The lowest BCUT2D eigenvalue weighted by molar-refractivity contribution is -0.00258. The lowest BCUT2D eigenvalue weighted by Crippen LogP contribution is -2.42. The number of rotatable bonds is 4. The first-order valence-corrected chi connectivity index (χ1v) is 9.70. The summed E-state index contributed by atoms with van der Waals surface area (Å²) in [5.41, 5.74) is 1.93. The maximum absolute atomic E-state index is 13.0. The van der Waals surface area contributed by atoms with E-state index in [-0.39, 0.29) is 17.9 Å². The summed E-state index contributed by atoms with van der Waals surface area (Å²) >= 11 is 0. The molecule has 1 aliphatic rings. The summed E-state index contributed by atoms with van der Waals surface area (Å²) in [7, 11) is 0. The van der Waals surface area contributed by atoms with Crippen molar-refractivity contribution in [1.82, 2.24) is 29.8 Å². The third kappa shape index (κ3) is 3.64. The minimum atomic E-state index is -0.671. The van der Waals surface area contributed by atoms with Gasteiger partial charge in [-0.15, -0.1) is 0 Å². The molecule has 148 valence electrons. The summed E-state index contributed by atoms with van der Waals surface area (Å²) < 4.78 is 1.69. The SMILES string of the molecule is Cc1cc2nc(-n3ccnc3)nc(C(=O)NC3CCC(C(C)(C)O)CC3)c2[nH]1. The Morgan fingerprint density at radius 1 is 1.29 bits per heavy atom. The van der Waals surface area contributed by atoms with Crippen molar-refractivity contribution in [3.63, 3.8) is 0 Å². The Morgan fingerprint density at radius 3 is 2.68 bits per heavy atom. The van der Waals surface area contributed by atoms with Crippen molar-refractivity contribution < 1.29 is 9.90 Å². The smallest absolute Gasteiger partial charge is 0.272 e. The number of aliphatic hydroxyl groups is 1. The van der Waals surface area contributed by atoms with Crippen molar-refractivity contribution in [3.05, 3.63) is 36.2 Å². The molecule has 0 atom stereocenters. The number of hydrogen-bond donors (Lipinski definition) is 3. The minimum Gasteiger partial charge on any atom is -0.390 e. The van der Waals surface area contributed by atoms with Gasteiger partial charge < -0.3 is 15.4 Å². The number of aromatic nitrogens is 5. The zero-order valence-electron chi connectivity index (χ0n) is 16.4. The third-order valence-corrected chi connectivity index (χ3v) is 5.61. The van der Waals surface area contributed by atoms with Gasteiger partial charge in [-0.3, -0.25) is 9.36 Å². The maximum Gasteiger partial charge on any atom is 0.272 e. The number of fused-ring (bicyclic) bond motifs is 1. The van der Waals surface area contributed by atoms with Crippen molar-refractivity contribution in [2.24, 2.45) is 5.92 Å². The highest BCUT2D eigenvalue weighted by Crippen LogP contribution is 2.32. The Morgan fingerprint density at radius 2 is 2.04 bits per heavy atom. The van der Waals surface area contributed by atoms with Crippen LogP contribution in [-0.2, 0) is 0 Å². The van der Waals surface area contributed by atoms with Crippen molar-refractivity contribution in [1.29, 1.82) is 0 Å². The number of amides is 1. The van der Waals surface area contributed by atoms with E-state index < -0.39 is 5.60 Å². The van der Waals surface area contributed by atoms with E-state index in [1.54, 1.807) is 23.3 Å². The second-order valence-corrected chi connectivity index (χ2v) is 8.23. The van der Waals surface area contributed by atoms with Gasteiger partial charge in [0.1, 0.15) is 6.33 Å². The fourth-order valence-electron chi connectivity index (χ4n) is 3.99. The van der Waals surface area contributed by atoms with Gasteiger partial charge in [0, 0.05) is 24.1 Å². The molecule has 8 heteroatoms. The van der Waals surface area contributed by atoms with Gasteiger partial charge in [0.05, 0.1) is 16.6 Å². The van der Waals surface area contributed by atoms with Crippen LogP contribution in [-0.4, -0.2) is 47.2 Å². The number of aryl methyl sites for hydroxylation is 1. The Labute approximate surface area is 163 Å². The van der Waals surface area contributed by atoms with Crippen LogP contribution in [0, 0.1) is 12.8 Å². The fraction of sp³-hybridized carbons (Fsp3) is 0.500. The first-order chi connectivity index (χ1) is 13.3. The van der Waals surface area contributed by atoms with Gasteiger partial charge in [0.25, 0.3) is 5.91 Å². The van der Waals surface area contributed by atoms with Crippen molar-refractivity contribution >= 4 is 16.9 Å². The molecule has 3 aromatic rings. The lowest BCUT2D eigenvalue weighted by atomic mass is 9.77. The molecule has 0 spiro atoms. The van der Waals surface area contributed by atoms with E-state index in [0.29, 0.717) is 22.7 Å². The molecule has 1 fully saturated rings. The number of hydrogen-bond acceptors (Lipinski definition) is 5. The summed E-state index contributed by atoms with van der Waals surface area (Å²) in [6.45, 7) is 5.65. The van der Waals surface area contributed by atoms with E-state index in [1.807, 2.05) is 26.8 Å². The van der Waals surface area contributed by atoms with Crippen LogP contribution in [0.4, 0.5) is 0 Å². The van der Waals surface area contributed by atoms with Gasteiger partial charge in [0.15, 0.2) is 5.69 Å². The third-order valence-electron chi connectivity index (χ3n) is 5.61. The highest BCUT2D eigenvalue weighted by molar-refractivity contribution is 6.03. The molecule has 0 saturated heterocycles. The molecule has 1 saturated carbocycles. The quantitative estimate of drug-likeness (QED) is 0.642. The summed E-state index contributed by atoms with van der Waals surface area (Å²) in [6.07, 6.45) is 8.52. The number of aromatic amines is 1. The number of nitrogens with one attached hydrogen (secondary N) is 2. The van der Waals surface area contributed by atoms with Crippen molar-refractivity contribution in [3.8, 4) is 5.95 Å². The van der Waals surface area contributed by atoms with E-state index in [1.165, 1.54) is 0 Å². The average Bonchev–Trinajstić information content (AvgIpc) is 3.29. The second-order valence-electron chi connectivity index (χ2n) is 8.23. The van der Waals surface area contributed by atoms with Gasteiger partial charge in [-0.25, -0.2) is 15.0 Å². The predicted molar refractivity (Wildman–Crippen MR) is 105 cm³/mol. The standard InChI is InChI=1S/C20H26N6O2/c1-12-10-15-16(22-12)17(25-19(24-15)26-9-8-21-11-26)18(27)23-14-6-4-13(5-7-14)20(2,3)28/h8-11,13-14,22,28H,4-7H2,1-3H3,(H,23,27). The average molecular weight is 382 g/mol. The molecule has 3 heterocycles. The molecule has 3 N–H and O–H groups in total. The fourth-order valence-corrected chi connectivity index (χ4v) is 3.99. The highest BCUT2D eigenvalue weighted by atomic mass is 16.3. The van der Waals surface area contributed by atoms with E-state index in [9.17, 15) is 9.90 Å². The summed E-state index contributed by atoms with van der Waals surface area (Å²) in [6, 6.07) is 1.99. The van der Waals surface area contributed by atoms with Gasteiger partial charge >= 0.3 is 0 Å². The largest absolute Gasteiger partial charge is 0.390 e. The molecule has 0 bridgehead atoms.